The van der Waals surface area contributed by atoms with E-state index in [1.54, 1.807) is 54.6 Å². The fourth-order valence-corrected chi connectivity index (χ4v) is 5.21. The molecule has 0 aliphatic carbocycles. The maximum absolute atomic E-state index is 13.9. The fraction of sp³-hybridized carbons (Fsp3) is 0.333. The molecule has 3 aromatic rings. The van der Waals surface area contributed by atoms with E-state index in [1.165, 1.54) is 6.92 Å². The average molecular weight is 721 g/mol. The van der Waals surface area contributed by atoms with Crippen LogP contribution in [0.5, 0.6) is 0 Å². The highest BCUT2D eigenvalue weighted by molar-refractivity contribution is 7.80. The summed E-state index contributed by atoms with van der Waals surface area (Å²) in [6, 6.07) is 19.6. The van der Waals surface area contributed by atoms with E-state index in [-0.39, 0.29) is 25.0 Å². The first kappa shape index (κ1) is 40.2. The SMILES string of the molecule is C[C@H](NC(=O)[C@H](Cc1ccccc1)NC(=O)[C@H](Cc1ccccc1)NC(=O)[C@@H](N)Cc1ccccc1)C(=O)N[C@@H](CO)C(=O)N[C@@H](CS)C(=O)O. The minimum atomic E-state index is -1.52. The van der Waals surface area contributed by atoms with Gasteiger partial charge in [0.05, 0.1) is 12.6 Å². The standard InChI is InChI=1S/C36H44N6O8S/c1-22(31(44)41-29(20-43)35(48)42-30(21-51)36(49)50)38-33(46)27(18-24-13-7-3-8-14-24)40-34(47)28(19-25-15-9-4-10-16-25)39-32(45)26(37)17-23-11-5-2-6-12-23/h2-16,22,26-30,43,51H,17-21,37H2,1H3,(H,38,46)(H,39,45)(H,40,47)(H,41,44)(H,42,48)(H,49,50)/t22-,26-,27-,28-,29-,30-/m0/s1. The number of nitrogens with two attached hydrogens (primary N) is 1. The summed E-state index contributed by atoms with van der Waals surface area (Å²) in [7, 11) is 0. The number of carboxylic acids is 1. The maximum atomic E-state index is 13.9. The zero-order valence-electron chi connectivity index (χ0n) is 28.0. The van der Waals surface area contributed by atoms with Gasteiger partial charge in [-0.3, -0.25) is 24.0 Å². The third-order valence-corrected chi connectivity index (χ3v) is 8.20. The minimum Gasteiger partial charge on any atom is -0.480 e. The Kier molecular flexibility index (Phi) is 16.1. The van der Waals surface area contributed by atoms with Crippen molar-refractivity contribution in [3.05, 3.63) is 108 Å². The molecule has 9 N–H and O–H groups in total. The molecule has 3 aromatic carbocycles. The van der Waals surface area contributed by atoms with Crippen LogP contribution < -0.4 is 32.3 Å². The fourth-order valence-electron chi connectivity index (χ4n) is 4.96. The van der Waals surface area contributed by atoms with Crippen molar-refractivity contribution in [2.24, 2.45) is 5.73 Å². The average Bonchev–Trinajstić information content (AvgIpc) is 3.12. The predicted octanol–water partition coefficient (Wildman–Crippen LogP) is -0.508. The van der Waals surface area contributed by atoms with Crippen molar-refractivity contribution in [2.75, 3.05) is 12.4 Å². The molecule has 0 fully saturated rings. The summed E-state index contributed by atoms with van der Waals surface area (Å²) in [5, 5.41) is 31.3. The molecule has 0 unspecified atom stereocenters. The summed E-state index contributed by atoms with van der Waals surface area (Å²) in [5.41, 5.74) is 8.50. The third kappa shape index (κ3) is 13.2. The van der Waals surface area contributed by atoms with Gasteiger partial charge >= 0.3 is 5.97 Å². The molecule has 15 heteroatoms. The number of aliphatic hydroxyl groups excluding tert-OH is 1. The molecule has 0 radical (unpaired) electrons. The topological polar surface area (TPSA) is 229 Å². The van der Waals surface area contributed by atoms with Gasteiger partial charge in [-0.1, -0.05) is 91.0 Å². The van der Waals surface area contributed by atoms with Gasteiger partial charge in [0.1, 0.15) is 30.2 Å². The molecule has 0 aliphatic heterocycles. The largest absolute Gasteiger partial charge is 0.480 e. The van der Waals surface area contributed by atoms with Crippen LogP contribution in [0.3, 0.4) is 0 Å². The van der Waals surface area contributed by atoms with Crippen molar-refractivity contribution >= 4 is 48.1 Å². The van der Waals surface area contributed by atoms with Gasteiger partial charge in [0, 0.05) is 18.6 Å². The van der Waals surface area contributed by atoms with E-state index in [1.807, 2.05) is 36.4 Å². The second kappa shape index (κ2) is 20.4. The molecule has 0 bridgehead atoms. The van der Waals surface area contributed by atoms with Crippen LogP contribution in [0.4, 0.5) is 0 Å². The summed E-state index contributed by atoms with van der Waals surface area (Å²) in [6.45, 7) is 0.481. The number of aliphatic carboxylic acids is 1. The van der Waals surface area contributed by atoms with E-state index in [4.69, 9.17) is 5.73 Å². The van der Waals surface area contributed by atoms with E-state index < -0.39 is 78.4 Å². The Balaban J connectivity index is 1.77. The zero-order valence-corrected chi connectivity index (χ0v) is 28.9. The summed E-state index contributed by atoms with van der Waals surface area (Å²) in [4.78, 5) is 77.5. The predicted molar refractivity (Wildman–Crippen MR) is 192 cm³/mol. The van der Waals surface area contributed by atoms with E-state index in [0.29, 0.717) is 5.56 Å². The number of carboxylic acid groups (broad SMARTS) is 1. The Morgan fingerprint density at radius 1 is 0.569 bits per heavy atom. The number of aliphatic hydroxyl groups is 1. The van der Waals surface area contributed by atoms with E-state index in [2.05, 4.69) is 39.2 Å². The van der Waals surface area contributed by atoms with Crippen molar-refractivity contribution < 1.29 is 39.0 Å². The first-order valence-electron chi connectivity index (χ1n) is 16.3. The molecule has 6 atom stereocenters. The molecule has 0 aliphatic rings. The second-order valence-corrected chi connectivity index (χ2v) is 12.2. The van der Waals surface area contributed by atoms with Crippen LogP contribution >= 0.6 is 12.6 Å². The van der Waals surface area contributed by atoms with Crippen LogP contribution in [-0.4, -0.2) is 94.3 Å². The van der Waals surface area contributed by atoms with Crippen molar-refractivity contribution in [1.29, 1.82) is 0 Å². The highest BCUT2D eigenvalue weighted by Crippen LogP contribution is 2.09. The van der Waals surface area contributed by atoms with Crippen molar-refractivity contribution in [2.45, 2.75) is 62.4 Å². The number of hydrogen-bond donors (Lipinski definition) is 9. The number of thiol groups is 1. The molecule has 0 aromatic heterocycles. The Bertz CT molecular complexity index is 1620. The number of hydrogen-bond acceptors (Lipinski definition) is 9. The Labute approximate surface area is 301 Å². The lowest BCUT2D eigenvalue weighted by Crippen LogP contribution is -2.60. The lowest BCUT2D eigenvalue weighted by atomic mass is 10.0. The molecule has 0 saturated carbocycles. The molecular formula is C36H44N6O8S. The molecule has 0 heterocycles. The summed E-state index contributed by atoms with van der Waals surface area (Å²) >= 11 is 3.88. The van der Waals surface area contributed by atoms with Crippen LogP contribution in [0.2, 0.25) is 0 Å². The van der Waals surface area contributed by atoms with Crippen LogP contribution in [0.25, 0.3) is 0 Å². The molecule has 0 spiro atoms. The Morgan fingerprint density at radius 2 is 0.941 bits per heavy atom. The minimum absolute atomic E-state index is 0.0221. The van der Waals surface area contributed by atoms with Gasteiger partial charge in [0.25, 0.3) is 0 Å². The normalized spacial score (nSPS) is 14.4. The lowest BCUT2D eigenvalue weighted by molar-refractivity contribution is -0.142. The quantitative estimate of drug-likeness (QED) is 0.0726. The monoisotopic (exact) mass is 720 g/mol. The summed E-state index contributed by atoms with van der Waals surface area (Å²) in [6.07, 6.45) is 0.350. The van der Waals surface area contributed by atoms with Gasteiger partial charge in [-0.25, -0.2) is 4.79 Å². The lowest BCUT2D eigenvalue weighted by Gasteiger charge is -2.26. The number of amides is 5. The van der Waals surface area contributed by atoms with Crippen molar-refractivity contribution in [3.8, 4) is 0 Å². The van der Waals surface area contributed by atoms with E-state index >= 15 is 0 Å². The molecule has 3 rings (SSSR count). The second-order valence-electron chi connectivity index (χ2n) is 11.9. The Hall–Kier alpha value is -5.25. The molecule has 5 amide bonds. The summed E-state index contributed by atoms with van der Waals surface area (Å²) in [5.74, 6) is -5.38. The molecule has 0 saturated heterocycles. The highest BCUT2D eigenvalue weighted by atomic mass is 32.1. The molecular weight excluding hydrogens is 676 g/mol. The number of nitrogens with one attached hydrogen (secondary N) is 5. The number of carbonyl (C=O) groups excluding carboxylic acids is 5. The van der Waals surface area contributed by atoms with Gasteiger partial charge in [0.2, 0.25) is 29.5 Å². The molecule has 14 nitrogen and oxygen atoms in total. The van der Waals surface area contributed by atoms with Gasteiger partial charge in [-0.15, -0.1) is 0 Å². The highest BCUT2D eigenvalue weighted by Gasteiger charge is 2.31. The number of benzene rings is 3. The Morgan fingerprint density at radius 3 is 1.37 bits per heavy atom. The molecule has 272 valence electrons. The van der Waals surface area contributed by atoms with Crippen LogP contribution in [0.15, 0.2) is 91.0 Å². The first-order chi connectivity index (χ1) is 24.4. The van der Waals surface area contributed by atoms with Gasteiger partial charge in [0.15, 0.2) is 0 Å². The van der Waals surface area contributed by atoms with E-state index in [9.17, 15) is 39.0 Å². The van der Waals surface area contributed by atoms with Crippen LogP contribution in [-0.2, 0) is 48.0 Å². The first-order valence-corrected chi connectivity index (χ1v) is 16.9. The van der Waals surface area contributed by atoms with Crippen LogP contribution in [0.1, 0.15) is 23.6 Å². The van der Waals surface area contributed by atoms with Crippen molar-refractivity contribution in [1.82, 2.24) is 26.6 Å². The van der Waals surface area contributed by atoms with Crippen molar-refractivity contribution in [3.63, 3.8) is 0 Å². The van der Waals surface area contributed by atoms with Gasteiger partial charge in [-0.05, 0) is 30.0 Å². The summed E-state index contributed by atoms with van der Waals surface area (Å²) < 4.78 is 0. The van der Waals surface area contributed by atoms with Gasteiger partial charge in [-0.2, -0.15) is 12.6 Å². The maximum Gasteiger partial charge on any atom is 0.327 e. The number of rotatable bonds is 19. The smallest absolute Gasteiger partial charge is 0.327 e. The number of carbonyl (C=O) groups is 6. The van der Waals surface area contributed by atoms with E-state index in [0.717, 1.165) is 11.1 Å². The van der Waals surface area contributed by atoms with Crippen LogP contribution in [0, 0.1) is 0 Å². The molecule has 51 heavy (non-hydrogen) atoms. The zero-order chi connectivity index (χ0) is 37.3. The third-order valence-electron chi connectivity index (χ3n) is 7.83. The van der Waals surface area contributed by atoms with Gasteiger partial charge < -0.3 is 42.5 Å².